The van der Waals surface area contributed by atoms with Crippen LogP contribution in [0.2, 0.25) is 0 Å². The summed E-state index contributed by atoms with van der Waals surface area (Å²) in [6, 6.07) is 6.11. The highest BCUT2D eigenvalue weighted by Gasteiger charge is 2.17. The van der Waals surface area contributed by atoms with E-state index in [-0.39, 0.29) is 12.5 Å². The zero-order valence-electron chi connectivity index (χ0n) is 13.0. The Morgan fingerprint density at radius 3 is 2.45 bits per heavy atom. The molecule has 0 saturated heterocycles. The van der Waals surface area contributed by atoms with Crippen molar-refractivity contribution >= 4 is 5.97 Å². The van der Waals surface area contributed by atoms with Crippen LogP contribution in [0.15, 0.2) is 18.2 Å². The molecule has 0 aromatic heterocycles. The normalized spacial score (nSPS) is 12.8. The summed E-state index contributed by atoms with van der Waals surface area (Å²) in [7, 11) is 5.51. The monoisotopic (exact) mass is 279 g/mol. The van der Waals surface area contributed by atoms with Crippen LogP contribution in [0.3, 0.4) is 0 Å². The fourth-order valence-electron chi connectivity index (χ4n) is 2.27. The van der Waals surface area contributed by atoms with Crippen LogP contribution in [0.5, 0.6) is 5.75 Å². The van der Waals surface area contributed by atoms with Crippen molar-refractivity contribution in [3.8, 4) is 5.75 Å². The van der Waals surface area contributed by atoms with Crippen LogP contribution in [0.1, 0.15) is 37.3 Å². The summed E-state index contributed by atoms with van der Waals surface area (Å²) in [5.41, 5.74) is 2.31. The molecule has 0 aliphatic carbocycles. The predicted molar refractivity (Wildman–Crippen MR) is 80.5 cm³/mol. The largest absolute Gasteiger partial charge is 0.496 e. The molecule has 0 aliphatic rings. The van der Waals surface area contributed by atoms with Crippen LogP contribution >= 0.6 is 0 Å². The van der Waals surface area contributed by atoms with Gasteiger partial charge in [0.2, 0.25) is 0 Å². The number of carboxylic acids is 1. The van der Waals surface area contributed by atoms with Gasteiger partial charge in [-0.1, -0.05) is 26.0 Å². The van der Waals surface area contributed by atoms with Crippen molar-refractivity contribution in [2.45, 2.75) is 38.6 Å². The van der Waals surface area contributed by atoms with Gasteiger partial charge in [-0.3, -0.25) is 4.79 Å². The lowest BCUT2D eigenvalue weighted by Crippen LogP contribution is -2.32. The molecule has 1 aromatic carbocycles. The number of aliphatic carboxylic acids is 1. The minimum absolute atomic E-state index is 0.000840. The molecule has 1 atom stereocenters. The Hall–Kier alpha value is -1.55. The van der Waals surface area contributed by atoms with E-state index >= 15 is 0 Å². The maximum absolute atomic E-state index is 10.9. The van der Waals surface area contributed by atoms with E-state index in [1.165, 1.54) is 0 Å². The Morgan fingerprint density at radius 1 is 1.35 bits per heavy atom. The van der Waals surface area contributed by atoms with Crippen LogP contribution in [-0.2, 0) is 11.2 Å². The van der Waals surface area contributed by atoms with E-state index < -0.39 is 5.97 Å². The summed E-state index contributed by atoms with van der Waals surface area (Å²) in [5.74, 6) is 0.506. The van der Waals surface area contributed by atoms with E-state index in [4.69, 9.17) is 9.84 Å². The van der Waals surface area contributed by atoms with Crippen molar-refractivity contribution in [1.29, 1.82) is 0 Å². The molecule has 0 fully saturated rings. The molecule has 0 aliphatic heterocycles. The summed E-state index contributed by atoms with van der Waals surface area (Å²) in [5, 5.41) is 8.99. The standard InChI is InChI=1S/C16H25NO3/c1-11(2)14-9-12(6-7-15(14)20-5)8-13(17(3)4)10-16(18)19/h6-7,9,11,13H,8,10H2,1-5H3,(H,18,19). The van der Waals surface area contributed by atoms with Gasteiger partial charge in [0.1, 0.15) is 5.75 Å². The molecule has 4 nitrogen and oxygen atoms in total. The third-order valence-electron chi connectivity index (χ3n) is 3.53. The molecule has 20 heavy (non-hydrogen) atoms. The number of carboxylic acid groups (broad SMARTS) is 1. The smallest absolute Gasteiger partial charge is 0.304 e. The quantitative estimate of drug-likeness (QED) is 0.834. The second-order valence-corrected chi connectivity index (χ2v) is 5.65. The molecule has 0 radical (unpaired) electrons. The SMILES string of the molecule is COc1ccc(CC(CC(=O)O)N(C)C)cc1C(C)C. The van der Waals surface area contributed by atoms with Crippen LogP contribution in [0.4, 0.5) is 0 Å². The summed E-state index contributed by atoms with van der Waals surface area (Å²) in [4.78, 5) is 12.9. The second-order valence-electron chi connectivity index (χ2n) is 5.65. The first-order chi connectivity index (χ1) is 9.35. The van der Waals surface area contributed by atoms with Crippen molar-refractivity contribution in [2.75, 3.05) is 21.2 Å². The maximum atomic E-state index is 10.9. The van der Waals surface area contributed by atoms with Crippen LogP contribution in [-0.4, -0.2) is 43.2 Å². The number of ether oxygens (including phenoxy) is 1. The van der Waals surface area contributed by atoms with Gasteiger partial charge in [-0.05, 0) is 43.6 Å². The number of nitrogens with zero attached hydrogens (tertiary/aromatic N) is 1. The number of methoxy groups -OCH3 is 1. The molecule has 0 spiro atoms. The molecule has 0 heterocycles. The highest BCUT2D eigenvalue weighted by molar-refractivity contribution is 5.67. The molecular formula is C16H25NO3. The van der Waals surface area contributed by atoms with E-state index in [0.717, 1.165) is 23.3 Å². The van der Waals surface area contributed by atoms with Crippen LogP contribution in [0.25, 0.3) is 0 Å². The minimum atomic E-state index is -0.763. The van der Waals surface area contributed by atoms with Gasteiger partial charge in [-0.2, -0.15) is 0 Å². The van der Waals surface area contributed by atoms with Crippen LogP contribution < -0.4 is 4.74 Å². The zero-order chi connectivity index (χ0) is 15.3. The van der Waals surface area contributed by atoms with Crippen molar-refractivity contribution in [3.05, 3.63) is 29.3 Å². The van der Waals surface area contributed by atoms with Crippen molar-refractivity contribution in [3.63, 3.8) is 0 Å². The Bertz CT molecular complexity index is 455. The summed E-state index contributed by atoms with van der Waals surface area (Å²) >= 11 is 0. The first kappa shape index (κ1) is 16.5. The molecule has 0 bridgehead atoms. The number of carbonyl (C=O) groups is 1. The summed E-state index contributed by atoms with van der Waals surface area (Å²) in [6.45, 7) is 4.25. The number of benzene rings is 1. The third-order valence-corrected chi connectivity index (χ3v) is 3.53. The van der Waals surface area contributed by atoms with Gasteiger partial charge >= 0.3 is 5.97 Å². The molecule has 1 unspecified atom stereocenters. The average Bonchev–Trinajstić information content (AvgIpc) is 2.37. The first-order valence-electron chi connectivity index (χ1n) is 6.90. The zero-order valence-corrected chi connectivity index (χ0v) is 13.0. The molecule has 1 aromatic rings. The van der Waals surface area contributed by atoms with Gasteiger partial charge in [0, 0.05) is 6.04 Å². The number of hydrogen-bond acceptors (Lipinski definition) is 3. The molecule has 1 N–H and O–H groups in total. The Labute approximate surface area is 121 Å². The summed E-state index contributed by atoms with van der Waals surface area (Å²) < 4.78 is 5.37. The molecule has 0 amide bonds. The Kier molecular flexibility index (Phi) is 6.02. The maximum Gasteiger partial charge on any atom is 0.304 e. The molecular weight excluding hydrogens is 254 g/mol. The first-order valence-corrected chi connectivity index (χ1v) is 6.90. The third kappa shape index (κ3) is 4.53. The predicted octanol–water partition coefficient (Wildman–Crippen LogP) is 2.77. The van der Waals surface area contributed by atoms with Gasteiger partial charge < -0.3 is 14.7 Å². The van der Waals surface area contributed by atoms with E-state index in [2.05, 4.69) is 19.9 Å². The van der Waals surface area contributed by atoms with Crippen LogP contribution in [0, 0.1) is 0 Å². The van der Waals surface area contributed by atoms with Gasteiger partial charge in [-0.15, -0.1) is 0 Å². The fourth-order valence-corrected chi connectivity index (χ4v) is 2.27. The lowest BCUT2D eigenvalue weighted by molar-refractivity contribution is -0.138. The molecule has 0 saturated carbocycles. The Morgan fingerprint density at radius 2 is 2.00 bits per heavy atom. The van der Waals surface area contributed by atoms with Gasteiger partial charge in [0.15, 0.2) is 0 Å². The highest BCUT2D eigenvalue weighted by Crippen LogP contribution is 2.28. The van der Waals surface area contributed by atoms with Gasteiger partial charge in [-0.25, -0.2) is 0 Å². The molecule has 4 heteroatoms. The second kappa shape index (κ2) is 7.29. The van der Waals surface area contributed by atoms with Crippen molar-refractivity contribution < 1.29 is 14.6 Å². The van der Waals surface area contributed by atoms with Crippen molar-refractivity contribution in [2.24, 2.45) is 0 Å². The minimum Gasteiger partial charge on any atom is -0.496 e. The average molecular weight is 279 g/mol. The molecule has 112 valence electrons. The van der Waals surface area contributed by atoms with E-state index in [0.29, 0.717) is 5.92 Å². The number of hydrogen-bond donors (Lipinski definition) is 1. The lowest BCUT2D eigenvalue weighted by Gasteiger charge is -2.23. The number of likely N-dealkylation sites (N-methyl/N-ethyl adjacent to an activating group) is 1. The fraction of sp³-hybridized carbons (Fsp3) is 0.562. The molecule has 1 rings (SSSR count). The van der Waals surface area contributed by atoms with E-state index in [1.54, 1.807) is 7.11 Å². The van der Waals surface area contributed by atoms with Gasteiger partial charge in [0.25, 0.3) is 0 Å². The van der Waals surface area contributed by atoms with Crippen molar-refractivity contribution in [1.82, 2.24) is 4.90 Å². The highest BCUT2D eigenvalue weighted by atomic mass is 16.5. The summed E-state index contributed by atoms with van der Waals surface area (Å²) in [6.07, 6.45) is 0.874. The van der Waals surface area contributed by atoms with E-state index in [1.807, 2.05) is 31.1 Å². The van der Waals surface area contributed by atoms with E-state index in [9.17, 15) is 4.79 Å². The van der Waals surface area contributed by atoms with Gasteiger partial charge in [0.05, 0.1) is 13.5 Å². The Balaban J connectivity index is 2.95. The number of rotatable bonds is 7. The topological polar surface area (TPSA) is 49.8 Å². The lowest BCUT2D eigenvalue weighted by atomic mass is 9.95.